The van der Waals surface area contributed by atoms with E-state index in [1.807, 2.05) is 0 Å². The van der Waals surface area contributed by atoms with E-state index in [2.05, 4.69) is 10.6 Å². The average molecular weight is 381 g/mol. The highest BCUT2D eigenvalue weighted by molar-refractivity contribution is 6.33. The van der Waals surface area contributed by atoms with Crippen LogP contribution in [0.3, 0.4) is 0 Å². The van der Waals surface area contributed by atoms with Gasteiger partial charge < -0.3 is 20.1 Å². The number of methoxy groups -OCH3 is 1. The maximum atomic E-state index is 13.6. The molecule has 2 aromatic carbocycles. The van der Waals surface area contributed by atoms with Crippen molar-refractivity contribution in [3.8, 4) is 11.5 Å². The molecule has 0 atom stereocenters. The van der Waals surface area contributed by atoms with Crippen LogP contribution in [0.25, 0.3) is 0 Å². The number of benzene rings is 2. The largest absolute Gasteiger partial charge is 0.497 e. The second-order valence-corrected chi connectivity index (χ2v) is 5.56. The zero-order valence-electron chi connectivity index (χ0n) is 14.1. The fourth-order valence-corrected chi connectivity index (χ4v) is 2.31. The first kappa shape index (κ1) is 19.5. The molecule has 0 aliphatic heterocycles. The summed E-state index contributed by atoms with van der Waals surface area (Å²) in [5.74, 6) is -0.566. The molecule has 0 aliphatic carbocycles. The lowest BCUT2D eigenvalue weighted by molar-refractivity contribution is -0.120. The Kier molecular flexibility index (Phi) is 7.23. The van der Waals surface area contributed by atoms with Crippen LogP contribution in [0.1, 0.15) is 10.4 Å². The van der Waals surface area contributed by atoms with Crippen LogP contribution in [0, 0.1) is 5.82 Å². The van der Waals surface area contributed by atoms with Gasteiger partial charge in [-0.2, -0.15) is 0 Å². The molecule has 2 amide bonds. The van der Waals surface area contributed by atoms with Gasteiger partial charge in [-0.3, -0.25) is 9.59 Å². The molecule has 0 saturated heterocycles. The third kappa shape index (κ3) is 5.63. The Balaban J connectivity index is 1.69. The summed E-state index contributed by atoms with van der Waals surface area (Å²) >= 11 is 5.79. The second kappa shape index (κ2) is 9.62. The molecule has 0 unspecified atom stereocenters. The Bertz CT molecular complexity index is 748. The van der Waals surface area contributed by atoms with Crippen LogP contribution in [-0.2, 0) is 4.79 Å². The molecular weight excluding hydrogens is 363 g/mol. The van der Waals surface area contributed by atoms with Gasteiger partial charge in [-0.1, -0.05) is 17.7 Å². The van der Waals surface area contributed by atoms with Crippen molar-refractivity contribution in [1.29, 1.82) is 0 Å². The zero-order chi connectivity index (χ0) is 18.9. The van der Waals surface area contributed by atoms with E-state index in [-0.39, 0.29) is 30.3 Å². The zero-order valence-corrected chi connectivity index (χ0v) is 14.8. The predicted molar refractivity (Wildman–Crippen MR) is 95.2 cm³/mol. The van der Waals surface area contributed by atoms with Crippen LogP contribution in [0.5, 0.6) is 11.5 Å². The van der Waals surface area contributed by atoms with Crippen molar-refractivity contribution in [1.82, 2.24) is 10.6 Å². The number of halogens is 2. The highest BCUT2D eigenvalue weighted by atomic mass is 35.5. The number of nitrogens with one attached hydrogen (secondary N) is 2. The Morgan fingerprint density at radius 2 is 1.77 bits per heavy atom. The molecule has 26 heavy (non-hydrogen) atoms. The summed E-state index contributed by atoms with van der Waals surface area (Å²) in [5.41, 5.74) is -0.287. The van der Waals surface area contributed by atoms with Gasteiger partial charge in [0.15, 0.2) is 0 Å². The van der Waals surface area contributed by atoms with Crippen molar-refractivity contribution in [3.05, 3.63) is 58.9 Å². The number of hydrogen-bond acceptors (Lipinski definition) is 4. The molecule has 0 saturated carbocycles. The molecule has 0 fully saturated rings. The van der Waals surface area contributed by atoms with Gasteiger partial charge in [0.1, 0.15) is 23.9 Å². The van der Waals surface area contributed by atoms with Crippen molar-refractivity contribution >= 4 is 23.4 Å². The maximum Gasteiger partial charge on any atom is 0.256 e. The number of amides is 2. The molecule has 2 N–H and O–H groups in total. The van der Waals surface area contributed by atoms with Gasteiger partial charge in [0.25, 0.3) is 5.91 Å². The fraction of sp³-hybridized carbons (Fsp3) is 0.222. The van der Waals surface area contributed by atoms with E-state index >= 15 is 0 Å². The van der Waals surface area contributed by atoms with Crippen molar-refractivity contribution in [2.75, 3.05) is 26.8 Å². The van der Waals surface area contributed by atoms with Gasteiger partial charge in [0.2, 0.25) is 5.91 Å². The molecule has 0 radical (unpaired) electrons. The molecule has 8 heteroatoms. The SMILES string of the molecule is COc1ccc(OCCNC(=O)CNC(=O)c2c(F)cccc2Cl)cc1. The van der Waals surface area contributed by atoms with Gasteiger partial charge in [-0.05, 0) is 36.4 Å². The third-order valence-corrected chi connectivity index (χ3v) is 3.67. The van der Waals surface area contributed by atoms with E-state index in [9.17, 15) is 14.0 Å². The summed E-state index contributed by atoms with van der Waals surface area (Å²) in [4.78, 5) is 23.6. The van der Waals surface area contributed by atoms with E-state index in [1.165, 1.54) is 12.1 Å². The first-order chi connectivity index (χ1) is 12.5. The van der Waals surface area contributed by atoms with Gasteiger partial charge >= 0.3 is 0 Å². The van der Waals surface area contributed by atoms with Crippen LogP contribution in [0.4, 0.5) is 4.39 Å². The molecule has 0 bridgehead atoms. The van der Waals surface area contributed by atoms with E-state index < -0.39 is 17.6 Å². The monoisotopic (exact) mass is 380 g/mol. The van der Waals surface area contributed by atoms with Crippen LogP contribution in [0.15, 0.2) is 42.5 Å². The van der Waals surface area contributed by atoms with Gasteiger partial charge in [0, 0.05) is 0 Å². The Hall–Kier alpha value is -2.80. The molecule has 2 aromatic rings. The van der Waals surface area contributed by atoms with E-state index in [4.69, 9.17) is 21.1 Å². The maximum absolute atomic E-state index is 13.6. The molecule has 0 aromatic heterocycles. The molecule has 0 spiro atoms. The van der Waals surface area contributed by atoms with Crippen molar-refractivity contribution in [2.24, 2.45) is 0 Å². The van der Waals surface area contributed by atoms with E-state index in [1.54, 1.807) is 31.4 Å². The standard InChI is InChI=1S/C18H18ClFN2O4/c1-25-12-5-7-13(8-6-12)26-10-9-21-16(23)11-22-18(24)17-14(19)3-2-4-15(17)20/h2-8H,9-11H2,1H3,(H,21,23)(H,22,24). The summed E-state index contributed by atoms with van der Waals surface area (Å²) < 4.78 is 24.1. The first-order valence-electron chi connectivity index (χ1n) is 7.77. The van der Waals surface area contributed by atoms with Crippen LogP contribution in [-0.4, -0.2) is 38.6 Å². The Morgan fingerprint density at radius 1 is 1.08 bits per heavy atom. The first-order valence-corrected chi connectivity index (χ1v) is 8.15. The van der Waals surface area contributed by atoms with Gasteiger partial charge in [-0.15, -0.1) is 0 Å². The van der Waals surface area contributed by atoms with Crippen LogP contribution >= 0.6 is 11.6 Å². The van der Waals surface area contributed by atoms with Crippen molar-refractivity contribution in [3.63, 3.8) is 0 Å². The fourth-order valence-electron chi connectivity index (χ4n) is 2.06. The lowest BCUT2D eigenvalue weighted by Crippen LogP contribution is -2.38. The summed E-state index contributed by atoms with van der Waals surface area (Å²) in [7, 11) is 1.57. The van der Waals surface area contributed by atoms with E-state index in [0.717, 1.165) is 11.8 Å². The predicted octanol–water partition coefficient (Wildman–Crippen LogP) is 2.41. The lowest BCUT2D eigenvalue weighted by Gasteiger charge is -2.10. The summed E-state index contributed by atoms with van der Waals surface area (Å²) in [6.45, 7) is 0.207. The van der Waals surface area contributed by atoms with Crippen molar-refractivity contribution < 1.29 is 23.5 Å². The lowest BCUT2D eigenvalue weighted by atomic mass is 10.2. The quantitative estimate of drug-likeness (QED) is 0.689. The van der Waals surface area contributed by atoms with Gasteiger partial charge in [0.05, 0.1) is 30.8 Å². The number of carbonyl (C=O) groups is 2. The summed E-state index contributed by atoms with van der Waals surface area (Å²) in [6.07, 6.45) is 0. The van der Waals surface area contributed by atoms with Crippen LogP contribution < -0.4 is 20.1 Å². The topological polar surface area (TPSA) is 76.7 Å². The Labute approximate surface area is 155 Å². The molecule has 6 nitrogen and oxygen atoms in total. The Morgan fingerprint density at radius 3 is 2.42 bits per heavy atom. The summed E-state index contributed by atoms with van der Waals surface area (Å²) in [5, 5.41) is 4.89. The minimum Gasteiger partial charge on any atom is -0.497 e. The second-order valence-electron chi connectivity index (χ2n) is 5.15. The van der Waals surface area contributed by atoms with Crippen molar-refractivity contribution in [2.45, 2.75) is 0 Å². The molecule has 2 rings (SSSR count). The number of rotatable bonds is 8. The van der Waals surface area contributed by atoms with Gasteiger partial charge in [-0.25, -0.2) is 4.39 Å². The minimum absolute atomic E-state index is 0.0178. The highest BCUT2D eigenvalue weighted by Crippen LogP contribution is 2.18. The molecule has 0 aliphatic rings. The third-order valence-electron chi connectivity index (χ3n) is 3.35. The van der Waals surface area contributed by atoms with E-state index in [0.29, 0.717) is 5.75 Å². The molecule has 138 valence electrons. The number of ether oxygens (including phenoxy) is 2. The minimum atomic E-state index is -0.752. The highest BCUT2D eigenvalue weighted by Gasteiger charge is 2.16. The summed E-state index contributed by atoms with van der Waals surface area (Å²) in [6, 6.07) is 10.9. The average Bonchev–Trinajstić information content (AvgIpc) is 2.64. The van der Waals surface area contributed by atoms with Crippen LogP contribution in [0.2, 0.25) is 5.02 Å². The number of hydrogen-bond donors (Lipinski definition) is 2. The molecule has 0 heterocycles. The number of carbonyl (C=O) groups excluding carboxylic acids is 2. The normalized spacial score (nSPS) is 10.1. The smallest absolute Gasteiger partial charge is 0.256 e. The molecular formula is C18H18ClFN2O4.